The van der Waals surface area contributed by atoms with Crippen LogP contribution in [-0.4, -0.2) is 63.3 Å². The zero-order chi connectivity index (χ0) is 16.3. The zero-order valence-electron chi connectivity index (χ0n) is 13.1. The summed E-state index contributed by atoms with van der Waals surface area (Å²) < 4.78 is 30.6. The van der Waals surface area contributed by atoms with Gasteiger partial charge in [0.15, 0.2) is 0 Å². The monoisotopic (exact) mass is 327 g/mol. The molecule has 0 N–H and O–H groups in total. The largest absolute Gasteiger partial charge is 0.378 e. The van der Waals surface area contributed by atoms with Crippen LogP contribution in [0.5, 0.6) is 0 Å². The van der Waals surface area contributed by atoms with E-state index in [4.69, 9.17) is 4.74 Å². The number of aromatic nitrogens is 1. The van der Waals surface area contributed by atoms with Crippen molar-refractivity contribution >= 4 is 21.6 Å². The number of sulfonamides is 1. The van der Waals surface area contributed by atoms with Crippen molar-refractivity contribution in [3.8, 4) is 0 Å². The van der Waals surface area contributed by atoms with Gasteiger partial charge in [-0.25, -0.2) is 8.42 Å². The van der Waals surface area contributed by atoms with Crippen LogP contribution < -0.4 is 4.31 Å². The predicted octanol–water partition coefficient (Wildman–Crippen LogP) is 0.323. The third-order valence-corrected chi connectivity index (χ3v) is 4.87. The van der Waals surface area contributed by atoms with E-state index in [2.05, 4.69) is 4.98 Å². The molecule has 0 atom stereocenters. The zero-order valence-corrected chi connectivity index (χ0v) is 13.9. The second-order valence-corrected chi connectivity index (χ2v) is 7.21. The minimum Gasteiger partial charge on any atom is -0.378 e. The van der Waals surface area contributed by atoms with Crippen molar-refractivity contribution in [2.24, 2.45) is 0 Å². The van der Waals surface area contributed by atoms with E-state index in [0.717, 1.165) is 21.8 Å². The number of pyridine rings is 1. The van der Waals surface area contributed by atoms with Gasteiger partial charge in [-0.05, 0) is 25.5 Å². The van der Waals surface area contributed by atoms with Crippen LogP contribution in [0.3, 0.4) is 0 Å². The molecule has 7 nitrogen and oxygen atoms in total. The fraction of sp³-hybridized carbons (Fsp3) is 0.571. The molecule has 2 rings (SSSR count). The lowest BCUT2D eigenvalue weighted by Gasteiger charge is -2.30. The molecule has 122 valence electrons. The first kappa shape index (κ1) is 16.7. The molecule has 1 aromatic heterocycles. The second kappa shape index (κ2) is 6.62. The van der Waals surface area contributed by atoms with Gasteiger partial charge in [0.2, 0.25) is 15.9 Å². The van der Waals surface area contributed by atoms with E-state index in [1.54, 1.807) is 24.1 Å². The minimum atomic E-state index is -3.56. The van der Waals surface area contributed by atoms with Crippen molar-refractivity contribution in [3.05, 3.63) is 23.5 Å². The summed E-state index contributed by atoms with van der Waals surface area (Å²) in [5.41, 5.74) is 1.99. The highest BCUT2D eigenvalue weighted by Crippen LogP contribution is 2.23. The summed E-state index contributed by atoms with van der Waals surface area (Å²) in [7, 11) is -3.56. The number of aryl methyl sites for hydroxylation is 1. The Morgan fingerprint density at radius 2 is 2.00 bits per heavy atom. The summed E-state index contributed by atoms with van der Waals surface area (Å²) in [5.74, 6) is -0.220. The van der Waals surface area contributed by atoms with Gasteiger partial charge in [-0.1, -0.05) is 0 Å². The summed E-state index contributed by atoms with van der Waals surface area (Å²) in [4.78, 5) is 18.1. The molecule has 0 unspecified atom stereocenters. The van der Waals surface area contributed by atoms with Crippen molar-refractivity contribution in [3.63, 3.8) is 0 Å². The van der Waals surface area contributed by atoms with Crippen LogP contribution in [0.1, 0.15) is 11.3 Å². The van der Waals surface area contributed by atoms with Crippen molar-refractivity contribution in [1.29, 1.82) is 0 Å². The van der Waals surface area contributed by atoms with Crippen LogP contribution in [0.25, 0.3) is 0 Å². The van der Waals surface area contributed by atoms with Gasteiger partial charge < -0.3 is 9.64 Å². The van der Waals surface area contributed by atoms with E-state index in [1.807, 2.05) is 6.92 Å². The number of ether oxygens (including phenoxy) is 1. The molecule has 1 aliphatic rings. The number of morpholine rings is 1. The summed E-state index contributed by atoms with van der Waals surface area (Å²) in [6, 6.07) is 1.62. The Labute approximate surface area is 130 Å². The normalized spacial score (nSPS) is 15.7. The highest BCUT2D eigenvalue weighted by molar-refractivity contribution is 7.92. The molecule has 1 fully saturated rings. The van der Waals surface area contributed by atoms with Crippen LogP contribution in [0, 0.1) is 13.8 Å². The second-order valence-electron chi connectivity index (χ2n) is 5.30. The number of rotatable bonds is 4. The van der Waals surface area contributed by atoms with Gasteiger partial charge >= 0.3 is 0 Å². The van der Waals surface area contributed by atoms with E-state index < -0.39 is 10.0 Å². The van der Waals surface area contributed by atoms with Gasteiger partial charge in [-0.15, -0.1) is 0 Å². The standard InChI is InChI=1S/C14H21N3O4S/c1-11-12(2)15-5-4-13(11)17(22(3,19)20)10-14(18)16-6-8-21-9-7-16/h4-5H,6-10H2,1-3H3. The smallest absolute Gasteiger partial charge is 0.243 e. The molecule has 0 aliphatic carbocycles. The number of carbonyl (C=O) groups is 1. The molecule has 0 aromatic carbocycles. The van der Waals surface area contributed by atoms with Crippen molar-refractivity contribution < 1.29 is 17.9 Å². The van der Waals surface area contributed by atoms with Crippen LogP contribution in [0.4, 0.5) is 5.69 Å². The van der Waals surface area contributed by atoms with E-state index in [-0.39, 0.29) is 12.5 Å². The Morgan fingerprint density at radius 1 is 1.36 bits per heavy atom. The van der Waals surface area contributed by atoms with Gasteiger partial charge in [0.1, 0.15) is 6.54 Å². The fourth-order valence-electron chi connectivity index (χ4n) is 2.31. The van der Waals surface area contributed by atoms with Crippen molar-refractivity contribution in [2.45, 2.75) is 13.8 Å². The lowest BCUT2D eigenvalue weighted by molar-refractivity contribution is -0.133. The molecular formula is C14H21N3O4S. The molecule has 1 amide bonds. The number of anilines is 1. The first-order valence-electron chi connectivity index (χ1n) is 7.06. The molecule has 1 aromatic rings. The Kier molecular flexibility index (Phi) is 5.02. The average Bonchev–Trinajstić information content (AvgIpc) is 2.47. The Bertz CT molecular complexity index is 654. The number of carbonyl (C=O) groups excluding carboxylic acids is 1. The van der Waals surface area contributed by atoms with Gasteiger partial charge in [0.05, 0.1) is 25.2 Å². The van der Waals surface area contributed by atoms with Crippen LogP contribution >= 0.6 is 0 Å². The SMILES string of the molecule is Cc1nccc(N(CC(=O)N2CCOCC2)S(C)(=O)=O)c1C. The van der Waals surface area contributed by atoms with Gasteiger partial charge in [0.25, 0.3) is 0 Å². The summed E-state index contributed by atoms with van der Waals surface area (Å²) in [5, 5.41) is 0. The van der Waals surface area contributed by atoms with Crippen LogP contribution in [-0.2, 0) is 19.6 Å². The van der Waals surface area contributed by atoms with Crippen LogP contribution in [0.2, 0.25) is 0 Å². The Morgan fingerprint density at radius 3 is 2.59 bits per heavy atom. The highest BCUT2D eigenvalue weighted by Gasteiger charge is 2.26. The lowest BCUT2D eigenvalue weighted by Crippen LogP contribution is -2.47. The Balaban J connectivity index is 2.27. The van der Waals surface area contributed by atoms with Crippen molar-refractivity contribution in [2.75, 3.05) is 43.4 Å². The number of hydrogen-bond acceptors (Lipinski definition) is 5. The topological polar surface area (TPSA) is 79.8 Å². The molecule has 22 heavy (non-hydrogen) atoms. The number of hydrogen-bond donors (Lipinski definition) is 0. The average molecular weight is 327 g/mol. The maximum atomic E-state index is 12.4. The lowest BCUT2D eigenvalue weighted by atomic mass is 10.2. The van der Waals surface area contributed by atoms with Crippen LogP contribution in [0.15, 0.2) is 12.3 Å². The van der Waals surface area contributed by atoms with E-state index in [0.29, 0.717) is 32.0 Å². The summed E-state index contributed by atoms with van der Waals surface area (Å²) >= 11 is 0. The highest BCUT2D eigenvalue weighted by atomic mass is 32.2. The summed E-state index contributed by atoms with van der Waals surface area (Å²) in [6.07, 6.45) is 2.66. The molecule has 1 aliphatic heterocycles. The number of nitrogens with zero attached hydrogens (tertiary/aromatic N) is 3. The molecule has 1 saturated heterocycles. The van der Waals surface area contributed by atoms with Gasteiger partial charge in [-0.3, -0.25) is 14.1 Å². The maximum Gasteiger partial charge on any atom is 0.243 e. The molecule has 2 heterocycles. The third-order valence-electron chi connectivity index (χ3n) is 3.74. The molecule has 8 heteroatoms. The maximum absolute atomic E-state index is 12.4. The van der Waals surface area contributed by atoms with E-state index in [9.17, 15) is 13.2 Å². The molecule has 0 saturated carbocycles. The third kappa shape index (κ3) is 3.75. The molecular weight excluding hydrogens is 306 g/mol. The van der Waals surface area contributed by atoms with E-state index >= 15 is 0 Å². The first-order chi connectivity index (χ1) is 10.3. The fourth-order valence-corrected chi connectivity index (χ4v) is 3.21. The number of amides is 1. The Hall–Kier alpha value is -1.67. The molecule has 0 radical (unpaired) electrons. The summed E-state index contributed by atoms with van der Waals surface area (Å²) in [6.45, 7) is 5.35. The predicted molar refractivity (Wildman–Crippen MR) is 83.3 cm³/mol. The van der Waals surface area contributed by atoms with Gasteiger partial charge in [0, 0.05) is 25.0 Å². The quantitative estimate of drug-likeness (QED) is 0.796. The minimum absolute atomic E-state index is 0.205. The first-order valence-corrected chi connectivity index (χ1v) is 8.91. The molecule has 0 bridgehead atoms. The van der Waals surface area contributed by atoms with E-state index in [1.165, 1.54) is 0 Å². The van der Waals surface area contributed by atoms with Crippen molar-refractivity contribution in [1.82, 2.24) is 9.88 Å². The molecule has 0 spiro atoms. The van der Waals surface area contributed by atoms with Gasteiger partial charge in [-0.2, -0.15) is 0 Å².